The van der Waals surface area contributed by atoms with Gasteiger partial charge in [-0.25, -0.2) is 5.01 Å². The summed E-state index contributed by atoms with van der Waals surface area (Å²) in [7, 11) is 1.42. The highest BCUT2D eigenvalue weighted by Gasteiger charge is 2.34. The molecule has 3 rings (SSSR count). The highest BCUT2D eigenvalue weighted by Crippen LogP contribution is 2.32. The van der Waals surface area contributed by atoms with Crippen molar-refractivity contribution < 1.29 is 19.4 Å². The van der Waals surface area contributed by atoms with E-state index in [-0.39, 0.29) is 17.1 Å². The van der Waals surface area contributed by atoms with Gasteiger partial charge in [0, 0.05) is 10.6 Å². The number of methoxy groups -OCH3 is 1. The number of aromatic hydroxyl groups is 1. The molecule has 0 aliphatic carbocycles. The van der Waals surface area contributed by atoms with Crippen molar-refractivity contribution in [1.82, 2.24) is 5.43 Å². The monoisotopic (exact) mass is 344 g/mol. The van der Waals surface area contributed by atoms with Gasteiger partial charge in [0.15, 0.2) is 11.5 Å². The van der Waals surface area contributed by atoms with Crippen LogP contribution in [0.4, 0.5) is 5.69 Å². The Labute approximate surface area is 142 Å². The number of benzene rings is 2. The SMILES string of the molecule is COc1cccc(/C=C2/C(=O)NN(c3cccc(Cl)c3)C2=O)c1O. The molecule has 1 saturated heterocycles. The number of hydrogen-bond acceptors (Lipinski definition) is 4. The molecule has 1 aliphatic heterocycles. The molecule has 0 aromatic heterocycles. The summed E-state index contributed by atoms with van der Waals surface area (Å²) in [5, 5.41) is 11.6. The number of carbonyl (C=O) groups excluding carboxylic acids is 2. The highest BCUT2D eigenvalue weighted by atomic mass is 35.5. The van der Waals surface area contributed by atoms with Gasteiger partial charge < -0.3 is 9.84 Å². The van der Waals surface area contributed by atoms with E-state index in [1.165, 1.54) is 13.2 Å². The first-order valence-electron chi connectivity index (χ1n) is 7.00. The van der Waals surface area contributed by atoms with Crippen LogP contribution >= 0.6 is 11.6 Å². The molecule has 0 atom stereocenters. The molecule has 0 saturated carbocycles. The molecule has 24 heavy (non-hydrogen) atoms. The summed E-state index contributed by atoms with van der Waals surface area (Å²) in [4.78, 5) is 24.7. The largest absolute Gasteiger partial charge is 0.504 e. The number of phenols is 1. The number of nitrogens with one attached hydrogen (secondary N) is 1. The molecule has 1 heterocycles. The molecule has 2 amide bonds. The third kappa shape index (κ3) is 2.79. The van der Waals surface area contributed by atoms with Crippen molar-refractivity contribution in [3.05, 3.63) is 58.6 Å². The Hall–Kier alpha value is -2.99. The number of halogens is 1. The number of rotatable bonds is 3. The van der Waals surface area contributed by atoms with E-state index in [0.29, 0.717) is 16.3 Å². The lowest BCUT2D eigenvalue weighted by atomic mass is 10.1. The van der Waals surface area contributed by atoms with E-state index in [9.17, 15) is 14.7 Å². The van der Waals surface area contributed by atoms with Gasteiger partial charge in [-0.2, -0.15) is 0 Å². The first kappa shape index (κ1) is 15.9. The summed E-state index contributed by atoms with van der Waals surface area (Å²) in [6, 6.07) is 11.4. The highest BCUT2D eigenvalue weighted by molar-refractivity contribution is 6.33. The summed E-state index contributed by atoms with van der Waals surface area (Å²) in [6.07, 6.45) is 1.32. The third-order valence-corrected chi connectivity index (χ3v) is 3.74. The minimum atomic E-state index is -0.567. The fourth-order valence-corrected chi connectivity index (χ4v) is 2.51. The van der Waals surface area contributed by atoms with Gasteiger partial charge in [0.25, 0.3) is 11.8 Å². The summed E-state index contributed by atoms with van der Waals surface area (Å²) in [6.45, 7) is 0. The zero-order valence-corrected chi connectivity index (χ0v) is 13.4. The van der Waals surface area contributed by atoms with E-state index in [4.69, 9.17) is 16.3 Å². The van der Waals surface area contributed by atoms with E-state index in [2.05, 4.69) is 5.43 Å². The molecule has 122 valence electrons. The van der Waals surface area contributed by atoms with Crippen LogP contribution in [0.5, 0.6) is 11.5 Å². The third-order valence-electron chi connectivity index (χ3n) is 3.51. The zero-order valence-electron chi connectivity index (χ0n) is 12.6. The predicted octanol–water partition coefficient (Wildman–Crippen LogP) is 2.52. The number of anilines is 1. The molecule has 0 bridgehead atoms. The first-order valence-corrected chi connectivity index (χ1v) is 7.37. The van der Waals surface area contributed by atoms with Gasteiger partial charge >= 0.3 is 0 Å². The quantitative estimate of drug-likeness (QED) is 0.662. The van der Waals surface area contributed by atoms with Crippen LogP contribution in [0.3, 0.4) is 0 Å². The molecular formula is C17H13ClN2O4. The number of amides is 2. The summed E-state index contributed by atoms with van der Waals surface area (Å²) in [5.41, 5.74) is 3.12. The van der Waals surface area contributed by atoms with Crippen molar-refractivity contribution in [3.63, 3.8) is 0 Å². The average Bonchev–Trinajstić information content (AvgIpc) is 2.85. The zero-order chi connectivity index (χ0) is 17.3. The maximum Gasteiger partial charge on any atom is 0.282 e. The molecule has 0 spiro atoms. The second-order valence-electron chi connectivity index (χ2n) is 5.02. The van der Waals surface area contributed by atoms with Crippen molar-refractivity contribution in [2.45, 2.75) is 0 Å². The predicted molar refractivity (Wildman–Crippen MR) is 89.7 cm³/mol. The van der Waals surface area contributed by atoms with Crippen LogP contribution in [0.25, 0.3) is 6.08 Å². The Balaban J connectivity index is 1.98. The van der Waals surface area contributed by atoms with Crippen molar-refractivity contribution in [3.8, 4) is 11.5 Å². The standard InChI is InChI=1S/C17H13ClN2O4/c1-24-14-7-2-4-10(15(14)21)8-13-16(22)19-20(17(13)23)12-6-3-5-11(18)9-12/h2-9,21H,1H3,(H,19,22)/b13-8-. The lowest BCUT2D eigenvalue weighted by Gasteiger charge is -2.14. The number of para-hydroxylation sites is 1. The van der Waals surface area contributed by atoms with E-state index in [1.807, 2.05) is 0 Å². The molecule has 6 nitrogen and oxygen atoms in total. The molecule has 1 fully saturated rings. The molecule has 0 unspecified atom stereocenters. The van der Waals surface area contributed by atoms with Gasteiger partial charge in [-0.05, 0) is 30.3 Å². The number of ether oxygens (including phenoxy) is 1. The Kier molecular flexibility index (Phi) is 4.14. The Morgan fingerprint density at radius 2 is 1.96 bits per heavy atom. The number of hydrazine groups is 1. The Morgan fingerprint density at radius 1 is 1.21 bits per heavy atom. The minimum absolute atomic E-state index is 0.0986. The van der Waals surface area contributed by atoms with E-state index < -0.39 is 11.8 Å². The van der Waals surface area contributed by atoms with Crippen molar-refractivity contribution in [2.24, 2.45) is 0 Å². The van der Waals surface area contributed by atoms with Crippen molar-refractivity contribution >= 4 is 35.2 Å². The van der Waals surface area contributed by atoms with Crippen LogP contribution in [0.2, 0.25) is 5.02 Å². The van der Waals surface area contributed by atoms with Crippen LogP contribution in [0.15, 0.2) is 48.0 Å². The van der Waals surface area contributed by atoms with Gasteiger partial charge in [-0.1, -0.05) is 29.8 Å². The van der Waals surface area contributed by atoms with Crippen LogP contribution in [-0.4, -0.2) is 24.0 Å². The molecule has 2 aromatic rings. The van der Waals surface area contributed by atoms with Gasteiger partial charge in [-0.3, -0.25) is 15.0 Å². The lowest BCUT2D eigenvalue weighted by Crippen LogP contribution is -2.35. The Morgan fingerprint density at radius 3 is 2.67 bits per heavy atom. The summed E-state index contributed by atoms with van der Waals surface area (Å²) < 4.78 is 5.02. The summed E-state index contributed by atoms with van der Waals surface area (Å²) >= 11 is 5.92. The second-order valence-corrected chi connectivity index (χ2v) is 5.45. The fourth-order valence-electron chi connectivity index (χ4n) is 2.33. The maximum atomic E-state index is 12.5. The normalized spacial score (nSPS) is 15.8. The van der Waals surface area contributed by atoms with Crippen LogP contribution in [0, 0.1) is 0 Å². The molecule has 2 aromatic carbocycles. The van der Waals surface area contributed by atoms with Crippen LogP contribution in [0.1, 0.15) is 5.56 Å². The topological polar surface area (TPSA) is 78.9 Å². The van der Waals surface area contributed by atoms with E-state index >= 15 is 0 Å². The maximum absolute atomic E-state index is 12.5. The Bertz CT molecular complexity index is 863. The van der Waals surface area contributed by atoms with Crippen LogP contribution in [-0.2, 0) is 9.59 Å². The number of carbonyl (C=O) groups is 2. The first-order chi connectivity index (χ1) is 11.5. The number of hydrogen-bond donors (Lipinski definition) is 2. The van der Waals surface area contributed by atoms with Gasteiger partial charge in [-0.15, -0.1) is 0 Å². The second kappa shape index (κ2) is 6.25. The van der Waals surface area contributed by atoms with Crippen molar-refractivity contribution in [1.29, 1.82) is 0 Å². The summed E-state index contributed by atoms with van der Waals surface area (Å²) in [5.74, 6) is -0.997. The van der Waals surface area contributed by atoms with Gasteiger partial charge in [0.1, 0.15) is 5.57 Å². The average molecular weight is 345 g/mol. The van der Waals surface area contributed by atoms with E-state index in [1.54, 1.807) is 42.5 Å². The number of phenolic OH excluding ortho intramolecular Hbond substituents is 1. The van der Waals surface area contributed by atoms with Crippen molar-refractivity contribution in [2.75, 3.05) is 12.1 Å². The molecule has 2 N–H and O–H groups in total. The fraction of sp³-hybridized carbons (Fsp3) is 0.0588. The lowest BCUT2D eigenvalue weighted by molar-refractivity contribution is -0.117. The minimum Gasteiger partial charge on any atom is -0.504 e. The molecular weight excluding hydrogens is 332 g/mol. The van der Waals surface area contributed by atoms with Gasteiger partial charge in [0.2, 0.25) is 0 Å². The molecule has 1 aliphatic rings. The van der Waals surface area contributed by atoms with E-state index in [0.717, 1.165) is 5.01 Å². The molecule has 0 radical (unpaired) electrons. The molecule has 7 heteroatoms. The smallest absolute Gasteiger partial charge is 0.282 e. The van der Waals surface area contributed by atoms with Gasteiger partial charge in [0.05, 0.1) is 12.8 Å². The number of nitrogens with zero attached hydrogens (tertiary/aromatic N) is 1. The van der Waals surface area contributed by atoms with Crippen LogP contribution < -0.4 is 15.2 Å².